The third kappa shape index (κ3) is 6.76. The van der Waals surface area contributed by atoms with Crippen molar-refractivity contribution in [2.24, 2.45) is 11.3 Å². The highest BCUT2D eigenvalue weighted by Gasteiger charge is 2.36. The maximum Gasteiger partial charge on any atom is 0.243 e. The Bertz CT molecular complexity index is 1700. The van der Waals surface area contributed by atoms with Crippen molar-refractivity contribution in [2.45, 2.75) is 63.3 Å². The maximum absolute atomic E-state index is 14.3. The molecule has 1 saturated heterocycles. The number of likely N-dealkylation sites (tertiary alicyclic amines) is 1. The number of anilines is 1. The predicted octanol–water partition coefficient (Wildman–Crippen LogP) is 3.88. The predicted molar refractivity (Wildman–Crippen MR) is 167 cm³/mol. The zero-order valence-electron chi connectivity index (χ0n) is 24.8. The minimum absolute atomic E-state index is 0.0775. The lowest BCUT2D eigenvalue weighted by Gasteiger charge is -2.35. The summed E-state index contributed by atoms with van der Waals surface area (Å²) < 4.78 is 45.3. The van der Waals surface area contributed by atoms with Crippen molar-refractivity contribution in [3.8, 4) is 0 Å². The molecule has 0 saturated carbocycles. The average Bonchev–Trinajstić information content (AvgIpc) is 3.65. The lowest BCUT2D eigenvalue weighted by atomic mass is 9.81. The Hall–Kier alpha value is -3.49. The van der Waals surface area contributed by atoms with Crippen molar-refractivity contribution in [1.29, 1.82) is 0 Å². The molecule has 1 amide bonds. The number of nitrogens with zero attached hydrogens (tertiary/aromatic N) is 5. The van der Waals surface area contributed by atoms with Gasteiger partial charge in [0.2, 0.25) is 15.9 Å². The van der Waals surface area contributed by atoms with E-state index in [1.165, 1.54) is 11.3 Å². The lowest BCUT2D eigenvalue weighted by molar-refractivity contribution is -0.134. The second-order valence-corrected chi connectivity index (χ2v) is 15.3. The first-order chi connectivity index (χ1) is 21.1. The standard InChI is InChI=1S/C30H37FN8O3S2/c1-30(2)17-21-13-20(15-26-34-37-38-35-26)14-25(28(21)32-18-30)44(41,42)36-23(16-27-33-22-5-3-4-6-24(22)43-27)29(40)39-11-8-19(7-10-31)9-12-39/h3-6,13-14,19,23,32,36H,7-12,15-18H2,1-2H3,(H,34,35,37,38)/t23-/m0/s1. The summed E-state index contributed by atoms with van der Waals surface area (Å²) in [5, 5.41) is 18.2. The Balaban J connectivity index is 1.33. The van der Waals surface area contributed by atoms with Crippen LogP contribution in [0.1, 0.15) is 55.1 Å². The van der Waals surface area contributed by atoms with Crippen molar-refractivity contribution >= 4 is 43.2 Å². The van der Waals surface area contributed by atoms with Crippen molar-refractivity contribution < 1.29 is 17.6 Å². The van der Waals surface area contributed by atoms with Crippen LogP contribution in [-0.2, 0) is 34.1 Å². The minimum Gasteiger partial charge on any atom is -0.383 e. The number of hydrogen-bond acceptors (Lipinski definition) is 9. The van der Waals surface area contributed by atoms with E-state index in [0.717, 1.165) is 21.3 Å². The highest BCUT2D eigenvalue weighted by molar-refractivity contribution is 7.89. The van der Waals surface area contributed by atoms with Gasteiger partial charge >= 0.3 is 0 Å². The number of rotatable bonds is 10. The SMILES string of the molecule is CC1(C)CNc2c(cc(Cc3nn[nH]n3)cc2S(=O)(=O)N[C@@H](Cc2nc3ccccc3s2)C(=O)N2CCC(CCF)CC2)C1. The number of halogens is 1. The summed E-state index contributed by atoms with van der Waals surface area (Å²) in [6.07, 6.45) is 2.98. The number of carbonyl (C=O) groups excluding carboxylic acids is 1. The molecule has 0 bridgehead atoms. The topological polar surface area (TPSA) is 146 Å². The molecule has 0 unspecified atom stereocenters. The number of carbonyl (C=O) groups is 1. The number of para-hydroxylation sites is 1. The molecule has 1 fully saturated rings. The fourth-order valence-electron chi connectivity index (χ4n) is 6.16. The Morgan fingerprint density at radius 2 is 2.02 bits per heavy atom. The Morgan fingerprint density at radius 1 is 1.23 bits per heavy atom. The fourth-order valence-corrected chi connectivity index (χ4v) is 8.64. The highest BCUT2D eigenvalue weighted by Crippen LogP contribution is 2.38. The van der Waals surface area contributed by atoms with Gasteiger partial charge in [0.05, 0.1) is 27.6 Å². The molecule has 4 aromatic rings. The van der Waals surface area contributed by atoms with Gasteiger partial charge in [-0.3, -0.25) is 9.18 Å². The highest BCUT2D eigenvalue weighted by atomic mass is 32.2. The third-order valence-corrected chi connectivity index (χ3v) is 11.0. The summed E-state index contributed by atoms with van der Waals surface area (Å²) in [5.74, 6) is 0.383. The fraction of sp³-hybridized carbons (Fsp3) is 0.500. The van der Waals surface area contributed by atoms with E-state index in [1.54, 1.807) is 11.0 Å². The van der Waals surface area contributed by atoms with Gasteiger partial charge in [0.25, 0.3) is 0 Å². The number of amides is 1. The summed E-state index contributed by atoms with van der Waals surface area (Å²) >= 11 is 1.45. The van der Waals surface area contributed by atoms with Crippen LogP contribution in [0.5, 0.6) is 0 Å². The normalized spacial score (nSPS) is 17.8. The number of thiazole rings is 1. The molecule has 0 spiro atoms. The van der Waals surface area contributed by atoms with Gasteiger partial charge in [-0.15, -0.1) is 21.5 Å². The minimum atomic E-state index is -4.19. The first-order valence-corrected chi connectivity index (χ1v) is 17.2. The number of nitrogens with one attached hydrogen (secondary N) is 3. The maximum atomic E-state index is 14.3. The summed E-state index contributed by atoms with van der Waals surface area (Å²) in [6, 6.07) is 10.3. The van der Waals surface area contributed by atoms with Gasteiger partial charge in [-0.05, 0) is 66.3 Å². The second-order valence-electron chi connectivity index (χ2n) is 12.5. The molecule has 2 aliphatic heterocycles. The van der Waals surface area contributed by atoms with Crippen LogP contribution in [0.25, 0.3) is 10.2 Å². The van der Waals surface area contributed by atoms with Gasteiger partial charge in [0.15, 0.2) is 5.82 Å². The number of aromatic amines is 1. The van der Waals surface area contributed by atoms with E-state index in [9.17, 15) is 17.6 Å². The number of H-pyrrole nitrogens is 1. The molecule has 0 radical (unpaired) electrons. The first-order valence-electron chi connectivity index (χ1n) is 14.9. The number of benzene rings is 2. The summed E-state index contributed by atoms with van der Waals surface area (Å²) in [5.41, 5.74) is 2.89. The Morgan fingerprint density at radius 3 is 2.75 bits per heavy atom. The molecule has 4 heterocycles. The lowest BCUT2D eigenvalue weighted by Crippen LogP contribution is -2.51. The molecule has 11 nitrogen and oxygen atoms in total. The molecule has 14 heteroatoms. The number of hydrogen-bond donors (Lipinski definition) is 3. The second kappa shape index (κ2) is 12.5. The number of sulfonamides is 1. The number of alkyl halides is 1. The molecule has 2 aliphatic rings. The average molecular weight is 641 g/mol. The van der Waals surface area contributed by atoms with E-state index in [0.29, 0.717) is 68.3 Å². The van der Waals surface area contributed by atoms with Crippen LogP contribution in [0.2, 0.25) is 0 Å². The third-order valence-electron chi connectivity index (χ3n) is 8.45. The first kappa shape index (κ1) is 30.5. The smallest absolute Gasteiger partial charge is 0.243 e. The van der Waals surface area contributed by atoms with Gasteiger partial charge < -0.3 is 10.2 Å². The number of fused-ring (bicyclic) bond motifs is 2. The van der Waals surface area contributed by atoms with Crippen molar-refractivity contribution in [2.75, 3.05) is 31.6 Å². The Labute approximate surface area is 260 Å². The molecule has 6 rings (SSSR count). The molecule has 1 atom stereocenters. The zero-order valence-corrected chi connectivity index (χ0v) is 26.5. The van der Waals surface area contributed by atoms with Gasteiger partial charge in [-0.1, -0.05) is 37.3 Å². The van der Waals surface area contributed by atoms with Crippen LogP contribution in [0, 0.1) is 11.3 Å². The summed E-state index contributed by atoms with van der Waals surface area (Å²) in [4.78, 5) is 20.5. The van der Waals surface area contributed by atoms with E-state index in [1.807, 2.05) is 30.3 Å². The number of piperidine rings is 1. The van der Waals surface area contributed by atoms with Crippen molar-refractivity contribution in [3.63, 3.8) is 0 Å². The number of tetrazole rings is 1. The van der Waals surface area contributed by atoms with Gasteiger partial charge in [-0.25, -0.2) is 13.4 Å². The summed E-state index contributed by atoms with van der Waals surface area (Å²) in [6.45, 7) is 5.42. The van der Waals surface area contributed by atoms with Crippen molar-refractivity contribution in [3.05, 3.63) is 58.4 Å². The van der Waals surface area contributed by atoms with E-state index in [2.05, 4.69) is 44.5 Å². The molecule has 2 aromatic carbocycles. The molecule has 2 aromatic heterocycles. The Kier molecular flexibility index (Phi) is 8.66. The molecule has 3 N–H and O–H groups in total. The number of aromatic nitrogens is 5. The molecular formula is C30H37FN8O3S2. The van der Waals surface area contributed by atoms with Crippen LogP contribution in [0.4, 0.5) is 10.1 Å². The van der Waals surface area contributed by atoms with Crippen molar-refractivity contribution in [1.82, 2.24) is 35.2 Å². The van der Waals surface area contributed by atoms with E-state index < -0.39 is 16.1 Å². The molecule has 234 valence electrons. The van der Waals surface area contributed by atoms with E-state index >= 15 is 0 Å². The van der Waals surface area contributed by atoms with Crippen LogP contribution in [0.3, 0.4) is 0 Å². The zero-order chi connectivity index (χ0) is 30.9. The van der Waals surface area contributed by atoms with Crippen LogP contribution in [-0.4, -0.2) is 77.2 Å². The van der Waals surface area contributed by atoms with Gasteiger partial charge in [0, 0.05) is 32.5 Å². The monoisotopic (exact) mass is 640 g/mol. The van der Waals surface area contributed by atoms with E-state index in [4.69, 9.17) is 4.98 Å². The van der Waals surface area contributed by atoms with Gasteiger partial charge in [-0.2, -0.15) is 9.94 Å². The largest absolute Gasteiger partial charge is 0.383 e. The molecule has 44 heavy (non-hydrogen) atoms. The van der Waals surface area contributed by atoms with Gasteiger partial charge in [0.1, 0.15) is 10.9 Å². The summed E-state index contributed by atoms with van der Waals surface area (Å²) in [7, 11) is -4.19. The molecule has 0 aliphatic carbocycles. The van der Waals surface area contributed by atoms with Crippen LogP contribution in [0.15, 0.2) is 41.3 Å². The van der Waals surface area contributed by atoms with E-state index in [-0.39, 0.29) is 35.2 Å². The quantitative estimate of drug-likeness (QED) is 0.237. The molecular weight excluding hydrogens is 604 g/mol. The van der Waals surface area contributed by atoms with Crippen LogP contribution >= 0.6 is 11.3 Å². The van der Waals surface area contributed by atoms with Crippen LogP contribution < -0.4 is 10.0 Å².